The van der Waals surface area contributed by atoms with E-state index >= 15 is 0 Å². The van der Waals surface area contributed by atoms with E-state index in [1.165, 1.54) is 29.3 Å². The van der Waals surface area contributed by atoms with Gasteiger partial charge >= 0.3 is 5.97 Å². The number of aromatic amines is 1. The number of H-pyrrole nitrogens is 1. The highest BCUT2D eigenvalue weighted by Crippen LogP contribution is 2.36. The molecule has 1 fully saturated rings. The van der Waals surface area contributed by atoms with Gasteiger partial charge in [-0.1, -0.05) is 18.2 Å². The number of carbonyl (C=O) groups excluding carboxylic acids is 1. The molecule has 2 atom stereocenters. The van der Waals surface area contributed by atoms with Gasteiger partial charge in [0.15, 0.2) is 0 Å². The number of rotatable bonds is 1. The Kier molecular flexibility index (Phi) is 2.60. The van der Waals surface area contributed by atoms with Crippen LogP contribution in [0.4, 0.5) is 0 Å². The molecular formula is C16H18N2O2. The molecule has 0 radical (unpaired) electrons. The molecule has 0 unspecified atom stereocenters. The van der Waals surface area contributed by atoms with Crippen LogP contribution in [-0.2, 0) is 22.5 Å². The monoisotopic (exact) mass is 270 g/mol. The molecule has 4 rings (SSSR count). The minimum absolute atomic E-state index is 0.0419. The summed E-state index contributed by atoms with van der Waals surface area (Å²) in [6, 6.07) is 8.96. The Balaban J connectivity index is 1.66. The fourth-order valence-electron chi connectivity index (χ4n) is 3.79. The zero-order valence-corrected chi connectivity index (χ0v) is 11.6. The third-order valence-electron chi connectivity index (χ3n) is 4.77. The average Bonchev–Trinajstić information content (AvgIpc) is 3.04. The predicted molar refractivity (Wildman–Crippen MR) is 76.3 cm³/mol. The van der Waals surface area contributed by atoms with Crippen LogP contribution in [0.2, 0.25) is 0 Å². The quantitative estimate of drug-likeness (QED) is 0.807. The van der Waals surface area contributed by atoms with Crippen LogP contribution < -0.4 is 0 Å². The fourth-order valence-corrected chi connectivity index (χ4v) is 3.79. The molecule has 1 N–H and O–H groups in total. The molecule has 2 aromatic rings. The van der Waals surface area contributed by atoms with Crippen molar-refractivity contribution in [3.05, 3.63) is 35.5 Å². The van der Waals surface area contributed by atoms with Crippen molar-refractivity contribution in [2.24, 2.45) is 5.92 Å². The van der Waals surface area contributed by atoms with E-state index in [0.29, 0.717) is 6.04 Å². The molecule has 0 bridgehead atoms. The Morgan fingerprint density at radius 2 is 2.25 bits per heavy atom. The molecule has 0 saturated carbocycles. The van der Waals surface area contributed by atoms with Gasteiger partial charge in [0, 0.05) is 35.7 Å². The molecule has 1 aromatic carbocycles. The van der Waals surface area contributed by atoms with Gasteiger partial charge in [0.05, 0.1) is 13.0 Å². The van der Waals surface area contributed by atoms with E-state index in [9.17, 15) is 4.79 Å². The first-order chi connectivity index (χ1) is 9.76. The Labute approximate surface area is 117 Å². The zero-order valence-electron chi connectivity index (χ0n) is 11.6. The third kappa shape index (κ3) is 1.68. The molecule has 20 heavy (non-hydrogen) atoms. The fraction of sp³-hybridized carbons (Fsp3) is 0.438. The lowest BCUT2D eigenvalue weighted by molar-refractivity contribution is -0.144. The molecule has 1 aromatic heterocycles. The number of hydrogen-bond donors (Lipinski definition) is 1. The van der Waals surface area contributed by atoms with Gasteiger partial charge in [0.2, 0.25) is 0 Å². The van der Waals surface area contributed by atoms with Crippen molar-refractivity contribution in [2.45, 2.75) is 25.4 Å². The van der Waals surface area contributed by atoms with Crippen molar-refractivity contribution < 1.29 is 9.53 Å². The molecule has 4 heteroatoms. The first-order valence-electron chi connectivity index (χ1n) is 7.16. The van der Waals surface area contributed by atoms with Crippen LogP contribution in [0, 0.1) is 5.92 Å². The van der Waals surface area contributed by atoms with Crippen molar-refractivity contribution in [3.8, 4) is 0 Å². The molecule has 0 aliphatic carbocycles. The lowest BCUT2D eigenvalue weighted by Gasteiger charge is -2.29. The van der Waals surface area contributed by atoms with Crippen LogP contribution in [0.15, 0.2) is 24.3 Å². The summed E-state index contributed by atoms with van der Waals surface area (Å²) in [6.45, 7) is 1.74. The van der Waals surface area contributed by atoms with Gasteiger partial charge < -0.3 is 9.72 Å². The van der Waals surface area contributed by atoms with E-state index in [2.05, 4.69) is 34.1 Å². The summed E-state index contributed by atoms with van der Waals surface area (Å²) in [4.78, 5) is 17.7. The van der Waals surface area contributed by atoms with E-state index in [1.807, 2.05) is 0 Å². The van der Waals surface area contributed by atoms with Gasteiger partial charge in [-0.3, -0.25) is 9.69 Å². The number of fused-ring (bicyclic) bond motifs is 4. The predicted octanol–water partition coefficient (Wildman–Crippen LogP) is 2.09. The van der Waals surface area contributed by atoms with Gasteiger partial charge in [-0.25, -0.2) is 0 Å². The van der Waals surface area contributed by atoms with Crippen LogP contribution in [-0.4, -0.2) is 35.5 Å². The number of benzene rings is 1. The molecule has 2 aliphatic rings. The largest absolute Gasteiger partial charge is 0.469 e. The van der Waals surface area contributed by atoms with Crippen LogP contribution >= 0.6 is 0 Å². The number of carbonyl (C=O) groups is 1. The molecule has 0 spiro atoms. The first kappa shape index (κ1) is 12.0. The van der Waals surface area contributed by atoms with E-state index < -0.39 is 0 Å². The van der Waals surface area contributed by atoms with Crippen molar-refractivity contribution in [2.75, 3.05) is 13.7 Å². The summed E-state index contributed by atoms with van der Waals surface area (Å²) in [7, 11) is 1.48. The second kappa shape index (κ2) is 4.35. The van der Waals surface area contributed by atoms with E-state index in [-0.39, 0.29) is 11.9 Å². The zero-order chi connectivity index (χ0) is 13.7. The van der Waals surface area contributed by atoms with E-state index in [1.54, 1.807) is 0 Å². The lowest BCUT2D eigenvalue weighted by Crippen LogP contribution is -2.35. The van der Waals surface area contributed by atoms with Gasteiger partial charge in [0.1, 0.15) is 0 Å². The van der Waals surface area contributed by atoms with Gasteiger partial charge in [-0.2, -0.15) is 0 Å². The topological polar surface area (TPSA) is 45.3 Å². The van der Waals surface area contributed by atoms with E-state index in [0.717, 1.165) is 25.9 Å². The molecule has 0 amide bonds. The summed E-state index contributed by atoms with van der Waals surface area (Å²) < 4.78 is 4.90. The summed E-state index contributed by atoms with van der Waals surface area (Å²) in [6.07, 6.45) is 1.96. The molecule has 1 saturated heterocycles. The molecule has 104 valence electrons. The molecule has 2 aliphatic heterocycles. The minimum Gasteiger partial charge on any atom is -0.469 e. The number of aromatic nitrogens is 1. The standard InChI is InChI=1S/C16H18N2O2/c1-20-16(19)10-6-11-7-13-12-4-2-3-5-14(12)17-15(13)9-18(11)8-10/h2-5,10-11,17H,6-9H2,1H3/t10-,11-/m1/s1. The number of esters is 1. The molecule has 3 heterocycles. The van der Waals surface area contributed by atoms with E-state index in [4.69, 9.17) is 4.74 Å². The summed E-state index contributed by atoms with van der Waals surface area (Å²) in [5, 5.41) is 1.34. The second-order valence-corrected chi connectivity index (χ2v) is 5.87. The Morgan fingerprint density at radius 3 is 3.10 bits per heavy atom. The number of hydrogen-bond acceptors (Lipinski definition) is 3. The lowest BCUT2D eigenvalue weighted by atomic mass is 9.95. The van der Waals surface area contributed by atoms with Gasteiger partial charge in [0.25, 0.3) is 0 Å². The molecule has 4 nitrogen and oxygen atoms in total. The first-order valence-corrected chi connectivity index (χ1v) is 7.16. The van der Waals surface area contributed by atoms with Gasteiger partial charge in [-0.05, 0) is 24.5 Å². The SMILES string of the molecule is COC(=O)[C@@H]1C[C@@H]2Cc3c([nH]c4ccccc34)CN2C1. The maximum atomic E-state index is 11.7. The highest BCUT2D eigenvalue weighted by atomic mass is 16.5. The smallest absolute Gasteiger partial charge is 0.310 e. The second-order valence-electron chi connectivity index (χ2n) is 5.87. The van der Waals surface area contributed by atoms with Crippen molar-refractivity contribution >= 4 is 16.9 Å². The summed E-state index contributed by atoms with van der Waals surface area (Å²) in [5.74, 6) is -0.0202. The summed E-state index contributed by atoms with van der Waals surface area (Å²) in [5.41, 5.74) is 3.98. The highest BCUT2D eigenvalue weighted by Gasteiger charge is 2.40. The van der Waals surface area contributed by atoms with Crippen molar-refractivity contribution in [3.63, 3.8) is 0 Å². The van der Waals surface area contributed by atoms with Crippen LogP contribution in [0.5, 0.6) is 0 Å². The number of nitrogens with zero attached hydrogens (tertiary/aromatic N) is 1. The number of nitrogens with one attached hydrogen (secondary N) is 1. The molecular weight excluding hydrogens is 252 g/mol. The summed E-state index contributed by atoms with van der Waals surface area (Å²) >= 11 is 0. The van der Waals surface area contributed by atoms with Crippen LogP contribution in [0.25, 0.3) is 10.9 Å². The van der Waals surface area contributed by atoms with Crippen molar-refractivity contribution in [1.82, 2.24) is 9.88 Å². The Hall–Kier alpha value is -1.81. The van der Waals surface area contributed by atoms with Crippen molar-refractivity contribution in [1.29, 1.82) is 0 Å². The van der Waals surface area contributed by atoms with Gasteiger partial charge in [-0.15, -0.1) is 0 Å². The maximum absolute atomic E-state index is 11.7. The Bertz CT molecular complexity index is 676. The maximum Gasteiger partial charge on any atom is 0.310 e. The van der Waals surface area contributed by atoms with Crippen LogP contribution in [0.1, 0.15) is 17.7 Å². The average molecular weight is 270 g/mol. The number of ether oxygens (including phenoxy) is 1. The Morgan fingerprint density at radius 1 is 1.40 bits per heavy atom. The normalized spacial score (nSPS) is 25.4. The number of methoxy groups -OCH3 is 1. The highest BCUT2D eigenvalue weighted by molar-refractivity contribution is 5.85. The third-order valence-corrected chi connectivity index (χ3v) is 4.77. The van der Waals surface area contributed by atoms with Crippen LogP contribution in [0.3, 0.4) is 0 Å². The minimum atomic E-state index is -0.0621. The number of para-hydroxylation sites is 1.